The molecule has 1 fully saturated rings. The first-order valence-electron chi connectivity index (χ1n) is 8.67. The van der Waals surface area contributed by atoms with Crippen LogP contribution in [0.2, 0.25) is 0 Å². The van der Waals surface area contributed by atoms with Gasteiger partial charge in [0.1, 0.15) is 16.4 Å². The van der Waals surface area contributed by atoms with Gasteiger partial charge in [0.15, 0.2) is 0 Å². The van der Waals surface area contributed by atoms with E-state index in [1.54, 1.807) is 24.3 Å². The van der Waals surface area contributed by atoms with Crippen LogP contribution in [0.25, 0.3) is 0 Å². The van der Waals surface area contributed by atoms with Crippen molar-refractivity contribution in [3.63, 3.8) is 0 Å². The Morgan fingerprint density at radius 3 is 2.29 bits per heavy atom. The maximum absolute atomic E-state index is 13.1. The summed E-state index contributed by atoms with van der Waals surface area (Å²) in [7, 11) is -1.09. The number of hydrogen-bond donors (Lipinski definition) is 1. The SMILES string of the molecule is COc1cc(OC)c(S(=O)(=O)N2CCOCC2)cc1C(=O)Nc1ccccc1. The highest BCUT2D eigenvalue weighted by molar-refractivity contribution is 7.89. The van der Waals surface area contributed by atoms with E-state index in [4.69, 9.17) is 14.2 Å². The number of anilines is 1. The Balaban J connectivity index is 2.03. The first-order valence-corrected chi connectivity index (χ1v) is 10.1. The van der Waals surface area contributed by atoms with Crippen molar-refractivity contribution in [3.05, 3.63) is 48.0 Å². The molecule has 150 valence electrons. The molecule has 9 heteroatoms. The molecule has 0 aliphatic carbocycles. The van der Waals surface area contributed by atoms with E-state index in [1.165, 1.54) is 30.7 Å². The van der Waals surface area contributed by atoms with Gasteiger partial charge >= 0.3 is 0 Å². The highest BCUT2D eigenvalue weighted by Crippen LogP contribution is 2.34. The van der Waals surface area contributed by atoms with Gasteiger partial charge in [-0.25, -0.2) is 8.42 Å². The van der Waals surface area contributed by atoms with Crippen molar-refractivity contribution in [1.29, 1.82) is 0 Å². The zero-order valence-electron chi connectivity index (χ0n) is 15.7. The topological polar surface area (TPSA) is 94.2 Å². The van der Waals surface area contributed by atoms with Gasteiger partial charge in [-0.1, -0.05) is 18.2 Å². The van der Waals surface area contributed by atoms with Gasteiger partial charge < -0.3 is 19.5 Å². The minimum Gasteiger partial charge on any atom is -0.496 e. The van der Waals surface area contributed by atoms with Crippen LogP contribution in [-0.2, 0) is 14.8 Å². The van der Waals surface area contributed by atoms with Crippen LogP contribution >= 0.6 is 0 Å². The molecule has 1 aliphatic rings. The number of carbonyl (C=O) groups is 1. The zero-order chi connectivity index (χ0) is 20.1. The van der Waals surface area contributed by atoms with Crippen molar-refractivity contribution in [2.45, 2.75) is 4.90 Å². The van der Waals surface area contributed by atoms with Crippen LogP contribution in [0.4, 0.5) is 5.69 Å². The molecule has 1 amide bonds. The Hall–Kier alpha value is -2.62. The molecule has 0 bridgehead atoms. The molecular formula is C19H22N2O6S. The van der Waals surface area contributed by atoms with Crippen LogP contribution in [-0.4, -0.2) is 59.2 Å². The van der Waals surface area contributed by atoms with Crippen LogP contribution < -0.4 is 14.8 Å². The number of hydrogen-bond acceptors (Lipinski definition) is 6. The summed E-state index contributed by atoms with van der Waals surface area (Å²) in [5, 5.41) is 2.74. The molecule has 0 atom stereocenters. The van der Waals surface area contributed by atoms with Gasteiger partial charge in [-0.3, -0.25) is 4.79 Å². The standard InChI is InChI=1S/C19H22N2O6S/c1-25-16-13-17(26-2)18(28(23,24)21-8-10-27-11-9-21)12-15(16)19(22)20-14-6-4-3-5-7-14/h3-7,12-13H,8-11H2,1-2H3,(H,20,22). The van der Waals surface area contributed by atoms with Crippen molar-refractivity contribution >= 4 is 21.6 Å². The van der Waals surface area contributed by atoms with Crippen LogP contribution in [0.1, 0.15) is 10.4 Å². The smallest absolute Gasteiger partial charge is 0.259 e. The molecule has 2 aromatic rings. The van der Waals surface area contributed by atoms with Gasteiger partial charge in [-0.05, 0) is 18.2 Å². The van der Waals surface area contributed by atoms with Crippen molar-refractivity contribution in [2.24, 2.45) is 0 Å². The maximum atomic E-state index is 13.1. The Kier molecular flexibility index (Phi) is 6.18. The monoisotopic (exact) mass is 406 g/mol. The molecule has 0 aromatic heterocycles. The third-order valence-corrected chi connectivity index (χ3v) is 6.27. The third kappa shape index (κ3) is 4.11. The van der Waals surface area contributed by atoms with E-state index < -0.39 is 15.9 Å². The van der Waals surface area contributed by atoms with Gasteiger partial charge in [-0.15, -0.1) is 0 Å². The second kappa shape index (κ2) is 8.59. The van der Waals surface area contributed by atoms with Crippen molar-refractivity contribution in [1.82, 2.24) is 4.31 Å². The molecule has 1 heterocycles. The van der Waals surface area contributed by atoms with E-state index in [0.717, 1.165) is 0 Å². The Morgan fingerprint density at radius 2 is 1.68 bits per heavy atom. The lowest BCUT2D eigenvalue weighted by atomic mass is 10.1. The first kappa shape index (κ1) is 20.1. The lowest BCUT2D eigenvalue weighted by Crippen LogP contribution is -2.40. The highest BCUT2D eigenvalue weighted by atomic mass is 32.2. The predicted octanol–water partition coefficient (Wildman–Crippen LogP) is 1.98. The number of carbonyl (C=O) groups excluding carboxylic acids is 1. The Labute approximate surface area is 164 Å². The molecule has 0 unspecified atom stereocenters. The van der Waals surface area contributed by atoms with E-state index in [0.29, 0.717) is 18.9 Å². The highest BCUT2D eigenvalue weighted by Gasteiger charge is 2.31. The number of methoxy groups -OCH3 is 2. The van der Waals surface area contributed by atoms with Crippen LogP contribution in [0.15, 0.2) is 47.4 Å². The number of para-hydroxylation sites is 1. The molecular weight excluding hydrogens is 384 g/mol. The quantitative estimate of drug-likeness (QED) is 0.788. The fourth-order valence-electron chi connectivity index (χ4n) is 2.89. The summed E-state index contributed by atoms with van der Waals surface area (Å²) in [5.41, 5.74) is 0.682. The molecule has 2 aromatic carbocycles. The summed E-state index contributed by atoms with van der Waals surface area (Å²) in [6.07, 6.45) is 0. The average Bonchev–Trinajstić information content (AvgIpc) is 2.74. The molecule has 1 saturated heterocycles. The van der Waals surface area contributed by atoms with Crippen LogP contribution in [0.5, 0.6) is 11.5 Å². The van der Waals surface area contributed by atoms with Crippen LogP contribution in [0.3, 0.4) is 0 Å². The predicted molar refractivity (Wildman–Crippen MR) is 104 cm³/mol. The molecule has 0 spiro atoms. The van der Waals surface area contributed by atoms with Crippen molar-refractivity contribution in [3.8, 4) is 11.5 Å². The minimum absolute atomic E-state index is 0.0871. The lowest BCUT2D eigenvalue weighted by Gasteiger charge is -2.27. The molecule has 3 rings (SSSR count). The van der Waals surface area contributed by atoms with E-state index in [2.05, 4.69) is 5.32 Å². The summed E-state index contributed by atoms with van der Waals surface area (Å²) >= 11 is 0. The fourth-order valence-corrected chi connectivity index (χ4v) is 4.47. The second-order valence-electron chi connectivity index (χ2n) is 6.04. The van der Waals surface area contributed by atoms with Crippen LogP contribution in [0, 0.1) is 0 Å². The fraction of sp³-hybridized carbons (Fsp3) is 0.316. The molecule has 8 nitrogen and oxygen atoms in total. The summed E-state index contributed by atoms with van der Waals surface area (Å²) in [6.45, 7) is 1.12. The summed E-state index contributed by atoms with van der Waals surface area (Å²) in [5.74, 6) is -0.157. The van der Waals surface area contributed by atoms with E-state index >= 15 is 0 Å². The number of sulfonamides is 1. The van der Waals surface area contributed by atoms with Gasteiger partial charge in [0.2, 0.25) is 10.0 Å². The van der Waals surface area contributed by atoms with E-state index in [-0.39, 0.29) is 35.0 Å². The molecule has 0 saturated carbocycles. The number of rotatable bonds is 6. The summed E-state index contributed by atoms with van der Waals surface area (Å²) in [4.78, 5) is 12.7. The number of nitrogens with zero attached hydrogens (tertiary/aromatic N) is 1. The Bertz CT molecular complexity index is 940. The normalized spacial score (nSPS) is 15.1. The van der Waals surface area contributed by atoms with Gasteiger partial charge in [0.25, 0.3) is 5.91 Å². The van der Waals surface area contributed by atoms with E-state index in [9.17, 15) is 13.2 Å². The average molecular weight is 406 g/mol. The van der Waals surface area contributed by atoms with Gasteiger partial charge in [0.05, 0.1) is 33.0 Å². The third-order valence-electron chi connectivity index (χ3n) is 4.35. The maximum Gasteiger partial charge on any atom is 0.259 e. The molecule has 1 N–H and O–H groups in total. The minimum atomic E-state index is -3.87. The van der Waals surface area contributed by atoms with Gasteiger partial charge in [0, 0.05) is 24.8 Å². The number of nitrogens with one attached hydrogen (secondary N) is 1. The first-order chi connectivity index (χ1) is 13.5. The Morgan fingerprint density at radius 1 is 1.04 bits per heavy atom. The number of benzene rings is 2. The number of ether oxygens (including phenoxy) is 3. The van der Waals surface area contributed by atoms with Gasteiger partial charge in [-0.2, -0.15) is 4.31 Å². The summed E-state index contributed by atoms with van der Waals surface area (Å²) in [6, 6.07) is 11.6. The second-order valence-corrected chi connectivity index (χ2v) is 7.95. The number of morpholine rings is 1. The zero-order valence-corrected chi connectivity index (χ0v) is 16.5. The van der Waals surface area contributed by atoms with Crippen molar-refractivity contribution in [2.75, 3.05) is 45.8 Å². The summed E-state index contributed by atoms with van der Waals surface area (Å²) < 4.78 is 43.3. The molecule has 0 radical (unpaired) electrons. The molecule has 28 heavy (non-hydrogen) atoms. The van der Waals surface area contributed by atoms with E-state index in [1.807, 2.05) is 6.07 Å². The van der Waals surface area contributed by atoms with Crippen molar-refractivity contribution < 1.29 is 27.4 Å². The largest absolute Gasteiger partial charge is 0.496 e. The lowest BCUT2D eigenvalue weighted by molar-refractivity contribution is 0.0729. The number of amides is 1. The molecule has 1 aliphatic heterocycles.